The molecule has 3 heterocycles. The van der Waals surface area contributed by atoms with Crippen LogP contribution in [0.2, 0.25) is 0 Å². The molecule has 8 nitrogen and oxygen atoms in total. The Morgan fingerprint density at radius 3 is 2.51 bits per heavy atom. The van der Waals surface area contributed by atoms with Crippen molar-refractivity contribution in [3.63, 3.8) is 0 Å². The van der Waals surface area contributed by atoms with E-state index in [1.807, 2.05) is 35.2 Å². The quantitative estimate of drug-likeness (QED) is 0.444. The maximum atomic E-state index is 13.0. The highest BCUT2D eigenvalue weighted by atomic mass is 16.5. The number of hydrogen-bond donors (Lipinski definition) is 0. The lowest BCUT2D eigenvalue weighted by atomic mass is 9.93. The number of ether oxygens (including phenoxy) is 2. The van der Waals surface area contributed by atoms with Crippen LogP contribution >= 0.6 is 0 Å². The second-order valence-corrected chi connectivity index (χ2v) is 10.4. The summed E-state index contributed by atoms with van der Waals surface area (Å²) in [6, 6.07) is 12.0. The summed E-state index contributed by atoms with van der Waals surface area (Å²) in [6.07, 6.45) is 13.2. The Kier molecular flexibility index (Phi) is 8.81. The Bertz CT molecular complexity index is 1250. The fraction of sp³-hybridized carbons (Fsp3) is 0.452. The van der Waals surface area contributed by atoms with Gasteiger partial charge in [-0.1, -0.05) is 30.3 Å². The number of carbonyl (C=O) groups is 1. The van der Waals surface area contributed by atoms with E-state index < -0.39 is 0 Å². The van der Waals surface area contributed by atoms with Crippen LogP contribution in [0, 0.1) is 11.8 Å². The van der Waals surface area contributed by atoms with Gasteiger partial charge in [0.15, 0.2) is 0 Å². The zero-order chi connectivity index (χ0) is 27.0. The number of hydrogen-bond acceptors (Lipinski definition) is 7. The molecule has 1 aromatic carbocycles. The highest BCUT2D eigenvalue weighted by Gasteiger charge is 2.30. The maximum Gasteiger partial charge on any atom is 0.222 e. The van der Waals surface area contributed by atoms with Crippen LogP contribution in [0.5, 0.6) is 0 Å². The van der Waals surface area contributed by atoms with E-state index in [0.29, 0.717) is 18.8 Å². The van der Waals surface area contributed by atoms with Crippen LogP contribution in [-0.4, -0.2) is 65.7 Å². The first-order valence-electron chi connectivity index (χ1n) is 13.9. The normalized spacial score (nSPS) is 21.5. The molecule has 0 N–H and O–H groups in total. The summed E-state index contributed by atoms with van der Waals surface area (Å²) < 4.78 is 11.0. The summed E-state index contributed by atoms with van der Waals surface area (Å²) >= 11 is 0. The van der Waals surface area contributed by atoms with Crippen molar-refractivity contribution < 1.29 is 14.3 Å². The molecule has 0 saturated carbocycles. The average Bonchev–Trinajstić information content (AvgIpc) is 3.42. The molecule has 2 atom stereocenters. The van der Waals surface area contributed by atoms with Gasteiger partial charge in [0, 0.05) is 56.7 Å². The van der Waals surface area contributed by atoms with E-state index in [0.717, 1.165) is 79.6 Å². The molecule has 1 aromatic heterocycles. The highest BCUT2D eigenvalue weighted by molar-refractivity contribution is 6.15. The molecule has 0 spiro atoms. The second kappa shape index (κ2) is 12.8. The van der Waals surface area contributed by atoms with Gasteiger partial charge < -0.3 is 14.4 Å². The predicted octanol–water partition coefficient (Wildman–Crippen LogP) is 4.78. The largest absolute Gasteiger partial charge is 0.501 e. The molecule has 39 heavy (non-hydrogen) atoms. The van der Waals surface area contributed by atoms with Gasteiger partial charge in [-0.15, -0.1) is 0 Å². The zero-order valence-electron chi connectivity index (χ0n) is 22.8. The van der Waals surface area contributed by atoms with E-state index in [4.69, 9.17) is 19.5 Å². The topological polar surface area (TPSA) is 89.3 Å². The van der Waals surface area contributed by atoms with Gasteiger partial charge in [-0.2, -0.15) is 0 Å². The predicted molar refractivity (Wildman–Crippen MR) is 151 cm³/mol. The fourth-order valence-corrected chi connectivity index (χ4v) is 5.55. The molecule has 1 amide bonds. The van der Waals surface area contributed by atoms with E-state index in [9.17, 15) is 4.79 Å². The summed E-state index contributed by atoms with van der Waals surface area (Å²) in [7, 11) is 3.34. The van der Waals surface area contributed by atoms with Crippen LogP contribution in [0.3, 0.4) is 0 Å². The number of carbonyl (C=O) groups excluding carboxylic acids is 1. The molecule has 0 radical (unpaired) electrons. The Hall–Kier alpha value is -3.81. The number of rotatable bonds is 10. The third kappa shape index (κ3) is 6.80. The molecule has 1 saturated heterocycles. The average molecular weight is 528 g/mol. The smallest absolute Gasteiger partial charge is 0.222 e. The van der Waals surface area contributed by atoms with E-state index in [-0.39, 0.29) is 17.9 Å². The first kappa shape index (κ1) is 26.8. The molecule has 2 aromatic rings. The Labute approximate surface area is 230 Å². The minimum absolute atomic E-state index is 0.00664. The number of amidine groups is 1. The SMILES string of the molecule is COC1=CC(C2=NC(CCCC(=O)N3CCC(Cc4ncccn4)CC3)C(c3ccccc3)=N2)CC(OC)=C1. The Balaban J connectivity index is 1.18. The van der Waals surface area contributed by atoms with Crippen LogP contribution < -0.4 is 0 Å². The number of amides is 1. The highest BCUT2D eigenvalue weighted by Crippen LogP contribution is 2.30. The Morgan fingerprint density at radius 1 is 1.03 bits per heavy atom. The van der Waals surface area contributed by atoms with Gasteiger partial charge >= 0.3 is 0 Å². The van der Waals surface area contributed by atoms with Gasteiger partial charge in [0.1, 0.15) is 23.2 Å². The van der Waals surface area contributed by atoms with Crippen molar-refractivity contribution in [1.29, 1.82) is 0 Å². The molecule has 2 unspecified atom stereocenters. The standard InChI is InChI=1S/C31H37N5O3/c1-38-25-19-24(20-26(21-25)39-2)31-34-27(30(35-31)23-8-4-3-5-9-23)10-6-11-29(37)36-16-12-22(13-17-36)18-28-32-14-7-15-33-28/h3-5,7-9,14-15,19,21-22,24,27H,6,10-13,16-18,20H2,1-2H3. The molecule has 1 aliphatic carbocycles. The minimum atomic E-state index is -0.0666. The number of allylic oxidation sites excluding steroid dienone is 2. The van der Waals surface area contributed by atoms with Gasteiger partial charge in [-0.25, -0.2) is 15.0 Å². The van der Waals surface area contributed by atoms with E-state index in [1.54, 1.807) is 26.6 Å². The van der Waals surface area contributed by atoms with E-state index in [1.165, 1.54) is 0 Å². The third-order valence-corrected chi connectivity index (χ3v) is 7.75. The van der Waals surface area contributed by atoms with Crippen molar-refractivity contribution in [3.8, 4) is 0 Å². The van der Waals surface area contributed by atoms with Crippen LogP contribution in [-0.2, 0) is 20.7 Å². The molecule has 2 aliphatic heterocycles. The Morgan fingerprint density at radius 2 is 1.79 bits per heavy atom. The van der Waals surface area contributed by atoms with Crippen molar-refractivity contribution in [1.82, 2.24) is 14.9 Å². The van der Waals surface area contributed by atoms with Crippen molar-refractivity contribution in [2.24, 2.45) is 21.8 Å². The zero-order valence-corrected chi connectivity index (χ0v) is 22.8. The van der Waals surface area contributed by atoms with Crippen LogP contribution in [0.4, 0.5) is 0 Å². The van der Waals surface area contributed by atoms with Gasteiger partial charge in [-0.05, 0) is 49.3 Å². The fourth-order valence-electron chi connectivity index (χ4n) is 5.55. The van der Waals surface area contributed by atoms with Crippen molar-refractivity contribution in [3.05, 3.63) is 83.9 Å². The van der Waals surface area contributed by atoms with Crippen molar-refractivity contribution >= 4 is 17.5 Å². The maximum absolute atomic E-state index is 13.0. The van der Waals surface area contributed by atoms with Crippen molar-refractivity contribution in [2.75, 3.05) is 27.3 Å². The molecular weight excluding hydrogens is 490 g/mol. The lowest BCUT2D eigenvalue weighted by Gasteiger charge is -2.32. The van der Waals surface area contributed by atoms with Gasteiger partial charge in [0.25, 0.3) is 0 Å². The van der Waals surface area contributed by atoms with Gasteiger partial charge in [-0.3, -0.25) is 9.79 Å². The second-order valence-electron chi connectivity index (χ2n) is 10.4. The molecule has 1 fully saturated rings. The van der Waals surface area contributed by atoms with Gasteiger partial charge in [0.2, 0.25) is 5.91 Å². The number of piperidine rings is 1. The number of aliphatic imine (C=N–C) groups is 2. The number of nitrogens with zero attached hydrogens (tertiary/aromatic N) is 5. The van der Waals surface area contributed by atoms with E-state index in [2.05, 4.69) is 28.2 Å². The molecular formula is C31H37N5O3. The van der Waals surface area contributed by atoms with Crippen molar-refractivity contribution in [2.45, 2.75) is 51.0 Å². The molecule has 204 valence electrons. The summed E-state index contributed by atoms with van der Waals surface area (Å²) in [5.41, 5.74) is 2.05. The first-order valence-corrected chi connectivity index (χ1v) is 13.9. The van der Waals surface area contributed by atoms with E-state index >= 15 is 0 Å². The van der Waals surface area contributed by atoms with Crippen LogP contribution in [0.15, 0.2) is 82.4 Å². The minimum Gasteiger partial charge on any atom is -0.501 e. The summed E-state index contributed by atoms with van der Waals surface area (Å²) in [6.45, 7) is 1.62. The molecule has 5 rings (SSSR count). The lowest BCUT2D eigenvalue weighted by molar-refractivity contribution is -0.132. The first-order chi connectivity index (χ1) is 19.1. The third-order valence-electron chi connectivity index (χ3n) is 7.75. The summed E-state index contributed by atoms with van der Waals surface area (Å²) in [4.78, 5) is 33.8. The lowest BCUT2D eigenvalue weighted by Crippen LogP contribution is -2.39. The summed E-state index contributed by atoms with van der Waals surface area (Å²) in [5, 5.41) is 0. The van der Waals surface area contributed by atoms with Crippen LogP contribution in [0.1, 0.15) is 49.9 Å². The number of benzene rings is 1. The van der Waals surface area contributed by atoms with Gasteiger partial charge in [0.05, 0.1) is 26.0 Å². The number of likely N-dealkylation sites (tertiary alicyclic amines) is 1. The molecule has 8 heteroatoms. The molecule has 0 bridgehead atoms. The number of methoxy groups -OCH3 is 2. The molecule has 3 aliphatic rings. The monoisotopic (exact) mass is 527 g/mol. The van der Waals surface area contributed by atoms with Crippen LogP contribution in [0.25, 0.3) is 0 Å². The summed E-state index contributed by atoms with van der Waals surface area (Å²) in [5.74, 6) is 4.07. The number of aromatic nitrogens is 2.